The van der Waals surface area contributed by atoms with Gasteiger partial charge in [-0.2, -0.15) is 0 Å². The smallest absolute Gasteiger partial charge is 0.272 e. The van der Waals surface area contributed by atoms with Crippen LogP contribution >= 0.6 is 0 Å². The molecule has 1 heterocycles. The standard InChI is InChI=1S/C19H21F2N3O3/c1-11-4-5-15(27-10-17(20)21)9-16(11)12(2)23-19(26)14-6-7-22-18(8-14)24-13(3)25/h4-9,12,17H,10H2,1-3H3,(H,23,26)(H,22,24,25). The fourth-order valence-corrected chi connectivity index (χ4v) is 2.51. The third-order valence-electron chi connectivity index (χ3n) is 3.77. The summed E-state index contributed by atoms with van der Waals surface area (Å²) < 4.78 is 29.7. The molecule has 8 heteroatoms. The van der Waals surface area contributed by atoms with E-state index in [9.17, 15) is 18.4 Å². The molecule has 0 spiro atoms. The van der Waals surface area contributed by atoms with Crippen LogP contribution in [0.5, 0.6) is 5.75 Å². The molecule has 1 aromatic heterocycles. The number of pyridine rings is 1. The number of aryl methyl sites for hydroxylation is 1. The van der Waals surface area contributed by atoms with Crippen molar-refractivity contribution in [3.8, 4) is 5.75 Å². The van der Waals surface area contributed by atoms with Gasteiger partial charge in [-0.3, -0.25) is 9.59 Å². The number of nitrogens with zero attached hydrogens (tertiary/aromatic N) is 1. The SMILES string of the molecule is CC(=O)Nc1cc(C(=O)NC(C)c2cc(OCC(F)F)ccc2C)ccn1. The van der Waals surface area contributed by atoms with Crippen molar-refractivity contribution in [1.82, 2.24) is 10.3 Å². The Hall–Kier alpha value is -3.03. The predicted octanol–water partition coefficient (Wildman–Crippen LogP) is 3.48. The van der Waals surface area contributed by atoms with Crippen molar-refractivity contribution < 1.29 is 23.1 Å². The van der Waals surface area contributed by atoms with Crippen LogP contribution in [0, 0.1) is 6.92 Å². The minimum Gasteiger partial charge on any atom is -0.488 e. The van der Waals surface area contributed by atoms with E-state index in [0.29, 0.717) is 11.3 Å². The number of aromatic nitrogens is 1. The number of nitrogens with one attached hydrogen (secondary N) is 2. The number of alkyl halides is 2. The molecule has 2 amide bonds. The Morgan fingerprint density at radius 2 is 1.96 bits per heavy atom. The van der Waals surface area contributed by atoms with Crippen molar-refractivity contribution in [1.29, 1.82) is 0 Å². The fraction of sp³-hybridized carbons (Fsp3) is 0.316. The molecule has 2 N–H and O–H groups in total. The lowest BCUT2D eigenvalue weighted by molar-refractivity contribution is -0.114. The Bertz CT molecular complexity index is 828. The number of benzene rings is 1. The maximum absolute atomic E-state index is 12.5. The van der Waals surface area contributed by atoms with Crippen molar-refractivity contribution in [2.45, 2.75) is 33.2 Å². The van der Waals surface area contributed by atoms with E-state index in [4.69, 9.17) is 4.74 Å². The van der Waals surface area contributed by atoms with E-state index in [1.165, 1.54) is 25.3 Å². The van der Waals surface area contributed by atoms with E-state index in [1.54, 1.807) is 25.1 Å². The molecule has 2 aromatic rings. The second kappa shape index (κ2) is 9.07. The summed E-state index contributed by atoms with van der Waals surface area (Å²) in [5.41, 5.74) is 1.98. The molecular formula is C19H21F2N3O3. The topological polar surface area (TPSA) is 80.3 Å². The fourth-order valence-electron chi connectivity index (χ4n) is 2.51. The molecule has 0 radical (unpaired) electrons. The number of carbonyl (C=O) groups excluding carboxylic acids is 2. The van der Waals surface area contributed by atoms with E-state index in [0.717, 1.165) is 11.1 Å². The van der Waals surface area contributed by atoms with Gasteiger partial charge in [0.1, 0.15) is 18.2 Å². The van der Waals surface area contributed by atoms with Gasteiger partial charge in [-0.1, -0.05) is 6.07 Å². The van der Waals surface area contributed by atoms with Gasteiger partial charge in [0.2, 0.25) is 5.91 Å². The molecule has 0 aliphatic heterocycles. The third-order valence-corrected chi connectivity index (χ3v) is 3.77. The Morgan fingerprint density at radius 3 is 2.63 bits per heavy atom. The number of anilines is 1. The van der Waals surface area contributed by atoms with E-state index < -0.39 is 13.0 Å². The van der Waals surface area contributed by atoms with Crippen molar-refractivity contribution in [3.05, 3.63) is 53.2 Å². The van der Waals surface area contributed by atoms with Crippen molar-refractivity contribution in [2.75, 3.05) is 11.9 Å². The molecule has 0 saturated heterocycles. The van der Waals surface area contributed by atoms with Crippen LogP contribution in [0.3, 0.4) is 0 Å². The van der Waals surface area contributed by atoms with Crippen LogP contribution in [0.2, 0.25) is 0 Å². The summed E-state index contributed by atoms with van der Waals surface area (Å²) in [5, 5.41) is 5.36. The number of rotatable bonds is 7. The number of hydrogen-bond acceptors (Lipinski definition) is 4. The summed E-state index contributed by atoms with van der Waals surface area (Å²) in [7, 11) is 0. The third kappa shape index (κ3) is 6.02. The molecule has 0 bridgehead atoms. The van der Waals surface area contributed by atoms with Gasteiger partial charge in [-0.25, -0.2) is 13.8 Å². The van der Waals surface area contributed by atoms with E-state index in [1.807, 2.05) is 6.92 Å². The maximum atomic E-state index is 12.5. The van der Waals surface area contributed by atoms with Crippen LogP contribution in [0.4, 0.5) is 14.6 Å². The molecule has 1 atom stereocenters. The van der Waals surface area contributed by atoms with Gasteiger partial charge < -0.3 is 15.4 Å². The molecular weight excluding hydrogens is 356 g/mol. The molecule has 2 rings (SSSR count). The first-order chi connectivity index (χ1) is 12.8. The minimum atomic E-state index is -2.56. The second-order valence-corrected chi connectivity index (χ2v) is 6.03. The van der Waals surface area contributed by atoms with Crippen molar-refractivity contribution >= 4 is 17.6 Å². The highest BCUT2D eigenvalue weighted by Crippen LogP contribution is 2.24. The number of amides is 2. The molecule has 144 valence electrons. The summed E-state index contributed by atoms with van der Waals surface area (Å²) in [6.45, 7) is 4.30. The summed E-state index contributed by atoms with van der Waals surface area (Å²) in [4.78, 5) is 27.6. The van der Waals surface area contributed by atoms with Gasteiger partial charge in [-0.15, -0.1) is 0 Å². The average Bonchev–Trinajstić information content (AvgIpc) is 2.60. The first-order valence-corrected chi connectivity index (χ1v) is 8.32. The zero-order chi connectivity index (χ0) is 20.0. The number of carbonyl (C=O) groups is 2. The van der Waals surface area contributed by atoms with Crippen LogP contribution in [-0.2, 0) is 4.79 Å². The second-order valence-electron chi connectivity index (χ2n) is 6.03. The largest absolute Gasteiger partial charge is 0.488 e. The number of halogens is 2. The highest BCUT2D eigenvalue weighted by Gasteiger charge is 2.15. The molecule has 0 saturated carbocycles. The van der Waals surface area contributed by atoms with E-state index >= 15 is 0 Å². The number of hydrogen-bond donors (Lipinski definition) is 2. The lowest BCUT2D eigenvalue weighted by atomic mass is 10.0. The molecule has 0 aliphatic rings. The van der Waals surface area contributed by atoms with E-state index in [2.05, 4.69) is 15.6 Å². The lowest BCUT2D eigenvalue weighted by Gasteiger charge is -2.18. The van der Waals surface area contributed by atoms with Crippen LogP contribution in [0.25, 0.3) is 0 Å². The highest BCUT2D eigenvalue weighted by molar-refractivity contribution is 5.96. The zero-order valence-electron chi connectivity index (χ0n) is 15.3. The Labute approximate surface area is 155 Å². The molecule has 0 aliphatic carbocycles. The minimum absolute atomic E-state index is 0.279. The van der Waals surface area contributed by atoms with Gasteiger partial charge in [0.25, 0.3) is 12.3 Å². The Balaban J connectivity index is 2.12. The maximum Gasteiger partial charge on any atom is 0.272 e. The normalized spacial score (nSPS) is 11.8. The first-order valence-electron chi connectivity index (χ1n) is 8.32. The summed E-state index contributed by atoms with van der Waals surface area (Å²) in [6, 6.07) is 7.61. The van der Waals surface area contributed by atoms with Gasteiger partial charge in [0, 0.05) is 18.7 Å². The van der Waals surface area contributed by atoms with Gasteiger partial charge in [-0.05, 0) is 49.2 Å². The molecule has 0 fully saturated rings. The Morgan fingerprint density at radius 1 is 1.22 bits per heavy atom. The van der Waals surface area contributed by atoms with E-state index in [-0.39, 0.29) is 23.7 Å². The van der Waals surface area contributed by atoms with Crippen LogP contribution in [-0.4, -0.2) is 29.8 Å². The molecule has 6 nitrogen and oxygen atoms in total. The van der Waals surface area contributed by atoms with Crippen LogP contribution in [0.15, 0.2) is 36.5 Å². The average molecular weight is 377 g/mol. The summed E-state index contributed by atoms with van der Waals surface area (Å²) in [6.07, 6.45) is -1.13. The zero-order valence-corrected chi connectivity index (χ0v) is 15.3. The molecule has 27 heavy (non-hydrogen) atoms. The molecule has 1 unspecified atom stereocenters. The lowest BCUT2D eigenvalue weighted by Crippen LogP contribution is -2.27. The van der Waals surface area contributed by atoms with Gasteiger partial charge in [0.15, 0.2) is 0 Å². The highest BCUT2D eigenvalue weighted by atomic mass is 19.3. The van der Waals surface area contributed by atoms with Gasteiger partial charge in [0.05, 0.1) is 6.04 Å². The summed E-state index contributed by atoms with van der Waals surface area (Å²) >= 11 is 0. The molecule has 1 aromatic carbocycles. The van der Waals surface area contributed by atoms with Crippen LogP contribution in [0.1, 0.15) is 41.4 Å². The van der Waals surface area contributed by atoms with Crippen LogP contribution < -0.4 is 15.4 Å². The monoisotopic (exact) mass is 377 g/mol. The first kappa shape index (κ1) is 20.3. The predicted molar refractivity (Wildman–Crippen MR) is 97.1 cm³/mol. The summed E-state index contributed by atoms with van der Waals surface area (Å²) in [5.74, 6) is -0.0466. The van der Waals surface area contributed by atoms with Crippen molar-refractivity contribution in [2.24, 2.45) is 0 Å². The number of ether oxygens (including phenoxy) is 1. The van der Waals surface area contributed by atoms with Crippen molar-refractivity contribution in [3.63, 3.8) is 0 Å². The van der Waals surface area contributed by atoms with Gasteiger partial charge >= 0.3 is 0 Å². The quantitative estimate of drug-likeness (QED) is 0.774. The Kier molecular flexibility index (Phi) is 6.81.